The highest BCUT2D eigenvalue weighted by atomic mass is 32.2. The first-order valence-corrected chi connectivity index (χ1v) is 6.06. The van der Waals surface area contributed by atoms with Crippen molar-refractivity contribution in [3.8, 4) is 0 Å². The van der Waals surface area contributed by atoms with Crippen LogP contribution in [0.3, 0.4) is 0 Å². The SMILES string of the molecule is OC1(C(F)F)CN(CC2CCSC2)C1. The van der Waals surface area contributed by atoms with E-state index in [9.17, 15) is 13.9 Å². The number of rotatable bonds is 3. The van der Waals surface area contributed by atoms with Crippen LogP contribution in [0.5, 0.6) is 0 Å². The van der Waals surface area contributed by atoms with Crippen molar-refractivity contribution >= 4 is 11.8 Å². The third-order valence-electron chi connectivity index (χ3n) is 2.94. The van der Waals surface area contributed by atoms with Gasteiger partial charge in [0, 0.05) is 19.6 Å². The number of hydrogen-bond donors (Lipinski definition) is 1. The predicted molar refractivity (Wildman–Crippen MR) is 52.8 cm³/mol. The highest BCUT2D eigenvalue weighted by Gasteiger charge is 2.49. The monoisotopic (exact) mass is 223 g/mol. The van der Waals surface area contributed by atoms with Crippen LogP contribution in [0.25, 0.3) is 0 Å². The molecule has 1 N–H and O–H groups in total. The Bertz CT molecular complexity index is 200. The normalized spacial score (nSPS) is 32.1. The van der Waals surface area contributed by atoms with E-state index in [2.05, 4.69) is 0 Å². The Morgan fingerprint density at radius 3 is 2.71 bits per heavy atom. The molecule has 2 fully saturated rings. The van der Waals surface area contributed by atoms with Crippen molar-refractivity contribution in [3.63, 3.8) is 0 Å². The van der Waals surface area contributed by atoms with E-state index >= 15 is 0 Å². The summed E-state index contributed by atoms with van der Waals surface area (Å²) in [4.78, 5) is 1.93. The van der Waals surface area contributed by atoms with Gasteiger partial charge in [-0.3, -0.25) is 4.90 Å². The minimum absolute atomic E-state index is 0.145. The minimum Gasteiger partial charge on any atom is -0.381 e. The zero-order chi connectivity index (χ0) is 10.2. The molecule has 0 spiro atoms. The molecule has 0 radical (unpaired) electrons. The van der Waals surface area contributed by atoms with Crippen LogP contribution in [0.1, 0.15) is 6.42 Å². The number of likely N-dealkylation sites (tertiary alicyclic amines) is 1. The van der Waals surface area contributed by atoms with E-state index in [4.69, 9.17) is 0 Å². The fourth-order valence-electron chi connectivity index (χ4n) is 2.09. The Balaban J connectivity index is 1.72. The standard InChI is InChI=1S/C9H15F2NOS/c10-8(11)9(13)5-12(6-9)3-7-1-2-14-4-7/h7-8,13H,1-6H2. The molecule has 0 aromatic heterocycles. The number of thioether (sulfide) groups is 1. The smallest absolute Gasteiger partial charge is 0.269 e. The average Bonchev–Trinajstić information content (AvgIpc) is 2.53. The molecule has 2 rings (SSSR count). The molecule has 5 heteroatoms. The van der Waals surface area contributed by atoms with Gasteiger partial charge in [-0.1, -0.05) is 0 Å². The highest BCUT2D eigenvalue weighted by Crippen LogP contribution is 2.31. The maximum Gasteiger partial charge on any atom is 0.269 e. The third kappa shape index (κ3) is 2.04. The maximum atomic E-state index is 12.3. The first-order chi connectivity index (χ1) is 6.60. The molecule has 2 saturated heterocycles. The van der Waals surface area contributed by atoms with Crippen LogP contribution < -0.4 is 0 Å². The molecular weight excluding hydrogens is 208 g/mol. The van der Waals surface area contributed by atoms with E-state index in [1.165, 1.54) is 12.2 Å². The maximum absolute atomic E-state index is 12.3. The van der Waals surface area contributed by atoms with E-state index in [1.807, 2.05) is 16.7 Å². The molecule has 2 heterocycles. The summed E-state index contributed by atoms with van der Waals surface area (Å²) in [5.74, 6) is 2.98. The van der Waals surface area contributed by atoms with Crippen LogP contribution in [-0.2, 0) is 0 Å². The molecule has 1 unspecified atom stereocenters. The average molecular weight is 223 g/mol. The molecule has 0 saturated carbocycles. The van der Waals surface area contributed by atoms with Crippen LogP contribution in [0.15, 0.2) is 0 Å². The topological polar surface area (TPSA) is 23.5 Å². The van der Waals surface area contributed by atoms with Crippen molar-refractivity contribution in [2.24, 2.45) is 5.92 Å². The summed E-state index contributed by atoms with van der Waals surface area (Å²) in [7, 11) is 0. The quantitative estimate of drug-likeness (QED) is 0.773. The van der Waals surface area contributed by atoms with Crippen molar-refractivity contribution in [2.75, 3.05) is 31.1 Å². The number of aliphatic hydroxyl groups is 1. The first kappa shape index (κ1) is 10.6. The lowest BCUT2D eigenvalue weighted by Crippen LogP contribution is -2.66. The molecule has 82 valence electrons. The van der Waals surface area contributed by atoms with Gasteiger partial charge in [-0.2, -0.15) is 11.8 Å². The molecule has 2 nitrogen and oxygen atoms in total. The summed E-state index contributed by atoms with van der Waals surface area (Å²) in [5.41, 5.74) is -1.72. The van der Waals surface area contributed by atoms with Gasteiger partial charge in [-0.15, -0.1) is 0 Å². The molecule has 1 atom stereocenters. The Morgan fingerprint density at radius 1 is 1.50 bits per heavy atom. The Labute approximate surface area is 86.7 Å². The van der Waals surface area contributed by atoms with E-state index in [0.29, 0.717) is 5.92 Å². The molecule has 0 aromatic carbocycles. The lowest BCUT2D eigenvalue weighted by atomic mass is 9.93. The molecule has 2 aliphatic rings. The summed E-state index contributed by atoms with van der Waals surface area (Å²) in [6.07, 6.45) is -1.41. The van der Waals surface area contributed by atoms with Crippen LogP contribution in [-0.4, -0.2) is 53.2 Å². The van der Waals surface area contributed by atoms with Gasteiger partial charge >= 0.3 is 0 Å². The number of nitrogens with zero attached hydrogens (tertiary/aromatic N) is 1. The summed E-state index contributed by atoms with van der Waals surface area (Å²) >= 11 is 1.93. The van der Waals surface area contributed by atoms with Gasteiger partial charge in [-0.05, 0) is 23.8 Å². The Kier molecular flexibility index (Phi) is 3.00. The van der Waals surface area contributed by atoms with Crippen molar-refractivity contribution in [1.82, 2.24) is 4.90 Å². The van der Waals surface area contributed by atoms with Crippen molar-refractivity contribution in [3.05, 3.63) is 0 Å². The highest BCUT2D eigenvalue weighted by molar-refractivity contribution is 7.99. The number of halogens is 2. The summed E-state index contributed by atoms with van der Waals surface area (Å²) in [5, 5.41) is 9.33. The van der Waals surface area contributed by atoms with E-state index in [0.717, 1.165) is 12.3 Å². The van der Waals surface area contributed by atoms with Crippen LogP contribution in [0.2, 0.25) is 0 Å². The summed E-state index contributed by atoms with van der Waals surface area (Å²) in [6.45, 7) is 1.17. The number of β-amino-alcohol motifs (C(OH)–C–C–N with tert-alkyl or cyclic N) is 1. The van der Waals surface area contributed by atoms with Crippen molar-refractivity contribution < 1.29 is 13.9 Å². The Morgan fingerprint density at radius 2 is 2.21 bits per heavy atom. The largest absolute Gasteiger partial charge is 0.381 e. The van der Waals surface area contributed by atoms with Crippen molar-refractivity contribution in [2.45, 2.75) is 18.4 Å². The van der Waals surface area contributed by atoms with Crippen LogP contribution in [0.4, 0.5) is 8.78 Å². The van der Waals surface area contributed by atoms with E-state index in [1.54, 1.807) is 0 Å². The summed E-state index contributed by atoms with van der Waals surface area (Å²) < 4.78 is 24.5. The fourth-order valence-corrected chi connectivity index (χ4v) is 3.36. The predicted octanol–water partition coefficient (Wildman–Crippen LogP) is 1.05. The molecule has 0 amide bonds. The lowest BCUT2D eigenvalue weighted by Gasteiger charge is -2.46. The second kappa shape index (κ2) is 3.94. The third-order valence-corrected chi connectivity index (χ3v) is 4.17. The molecule has 14 heavy (non-hydrogen) atoms. The van der Waals surface area contributed by atoms with E-state index < -0.39 is 12.0 Å². The summed E-state index contributed by atoms with van der Waals surface area (Å²) in [6, 6.07) is 0. The second-order valence-corrected chi connectivity index (χ2v) is 5.45. The molecular formula is C9H15F2NOS. The van der Waals surface area contributed by atoms with Crippen molar-refractivity contribution in [1.29, 1.82) is 0 Å². The first-order valence-electron chi connectivity index (χ1n) is 4.91. The van der Waals surface area contributed by atoms with Crippen LogP contribution in [0, 0.1) is 5.92 Å². The number of hydrogen-bond acceptors (Lipinski definition) is 3. The van der Waals surface area contributed by atoms with E-state index in [-0.39, 0.29) is 13.1 Å². The molecule has 0 bridgehead atoms. The van der Waals surface area contributed by atoms with Crippen LogP contribution >= 0.6 is 11.8 Å². The Hall–Kier alpha value is 0.130. The van der Waals surface area contributed by atoms with Gasteiger partial charge < -0.3 is 5.11 Å². The molecule has 0 aliphatic carbocycles. The van der Waals surface area contributed by atoms with Gasteiger partial charge in [-0.25, -0.2) is 8.78 Å². The minimum atomic E-state index is -2.60. The second-order valence-electron chi connectivity index (χ2n) is 4.30. The van der Waals surface area contributed by atoms with Gasteiger partial charge in [0.2, 0.25) is 0 Å². The molecule has 2 aliphatic heterocycles. The van der Waals surface area contributed by atoms with Gasteiger partial charge in [0.25, 0.3) is 6.43 Å². The lowest BCUT2D eigenvalue weighted by molar-refractivity contribution is -0.181. The van der Waals surface area contributed by atoms with Gasteiger partial charge in [0.05, 0.1) is 0 Å². The zero-order valence-corrected chi connectivity index (χ0v) is 8.77. The fraction of sp³-hybridized carbons (Fsp3) is 1.00. The molecule has 0 aromatic rings. The van der Waals surface area contributed by atoms with Gasteiger partial charge in [0.1, 0.15) is 0 Å². The van der Waals surface area contributed by atoms with Gasteiger partial charge in [0.15, 0.2) is 5.60 Å². The zero-order valence-electron chi connectivity index (χ0n) is 7.96. The number of alkyl halides is 2.